The summed E-state index contributed by atoms with van der Waals surface area (Å²) in [5.41, 5.74) is 0. The van der Waals surface area contributed by atoms with Crippen molar-refractivity contribution in [2.24, 2.45) is 5.92 Å². The summed E-state index contributed by atoms with van der Waals surface area (Å²) >= 11 is 0. The van der Waals surface area contributed by atoms with Gasteiger partial charge in [0.05, 0.1) is 0 Å². The smallest absolute Gasteiger partial charge is 0.475 e. The molecule has 1 saturated heterocycles. The second-order valence-corrected chi connectivity index (χ2v) is 4.59. The van der Waals surface area contributed by atoms with Gasteiger partial charge in [-0.05, 0) is 44.0 Å². The summed E-state index contributed by atoms with van der Waals surface area (Å²) in [5, 5.41) is 13.8. The molecule has 2 rings (SSSR count). The lowest BCUT2D eigenvalue weighted by Crippen LogP contribution is -2.21. The highest BCUT2D eigenvalue weighted by Gasteiger charge is 2.38. The van der Waals surface area contributed by atoms with Crippen molar-refractivity contribution in [3.63, 3.8) is 0 Å². The number of carboxylic acids is 1. The number of hydrogen-bond donors (Lipinski definition) is 3. The van der Waals surface area contributed by atoms with Gasteiger partial charge in [0.1, 0.15) is 5.82 Å². The molecule has 1 aliphatic rings. The predicted octanol–water partition coefficient (Wildman–Crippen LogP) is 2.13. The van der Waals surface area contributed by atoms with Crippen molar-refractivity contribution in [1.29, 1.82) is 0 Å². The number of rotatable bonds is 4. The number of aliphatic carboxylic acids is 1. The second kappa shape index (κ2) is 8.46. The van der Waals surface area contributed by atoms with Gasteiger partial charge in [0.15, 0.2) is 0 Å². The molecule has 2 heterocycles. The molecule has 0 spiro atoms. The van der Waals surface area contributed by atoms with Gasteiger partial charge < -0.3 is 15.7 Å². The number of alkyl halides is 3. The van der Waals surface area contributed by atoms with E-state index in [1.54, 1.807) is 0 Å². The first-order valence-electron chi connectivity index (χ1n) is 6.55. The van der Waals surface area contributed by atoms with E-state index in [1.165, 1.54) is 25.9 Å². The maximum Gasteiger partial charge on any atom is 0.490 e. The fourth-order valence-corrected chi connectivity index (χ4v) is 1.83. The van der Waals surface area contributed by atoms with Gasteiger partial charge in [0.2, 0.25) is 0 Å². The zero-order chi connectivity index (χ0) is 15.7. The van der Waals surface area contributed by atoms with Gasteiger partial charge in [-0.1, -0.05) is 6.07 Å². The van der Waals surface area contributed by atoms with Crippen molar-refractivity contribution in [1.82, 2.24) is 10.3 Å². The second-order valence-electron chi connectivity index (χ2n) is 4.59. The van der Waals surface area contributed by atoms with Crippen LogP contribution in [0.25, 0.3) is 0 Å². The first-order valence-corrected chi connectivity index (χ1v) is 6.55. The molecule has 1 aromatic heterocycles. The Morgan fingerprint density at radius 1 is 1.48 bits per heavy atom. The third-order valence-electron chi connectivity index (χ3n) is 2.93. The van der Waals surface area contributed by atoms with Crippen molar-refractivity contribution in [2.45, 2.75) is 19.0 Å². The minimum atomic E-state index is -5.08. The van der Waals surface area contributed by atoms with Gasteiger partial charge in [-0.3, -0.25) is 0 Å². The van der Waals surface area contributed by atoms with Crippen LogP contribution in [0.2, 0.25) is 0 Å². The fraction of sp³-hybridized carbons (Fsp3) is 0.538. The highest BCUT2D eigenvalue weighted by atomic mass is 19.4. The van der Waals surface area contributed by atoms with E-state index in [1.807, 2.05) is 24.4 Å². The van der Waals surface area contributed by atoms with Crippen LogP contribution in [0.1, 0.15) is 12.8 Å². The van der Waals surface area contributed by atoms with Crippen LogP contribution in [-0.4, -0.2) is 41.9 Å². The molecule has 1 unspecified atom stereocenters. The molecule has 0 amide bonds. The predicted molar refractivity (Wildman–Crippen MR) is 72.0 cm³/mol. The molecule has 3 N–H and O–H groups in total. The average Bonchev–Trinajstić information content (AvgIpc) is 2.93. The number of aromatic nitrogens is 1. The van der Waals surface area contributed by atoms with Gasteiger partial charge in [0, 0.05) is 12.7 Å². The zero-order valence-corrected chi connectivity index (χ0v) is 11.4. The molecule has 1 atom stereocenters. The van der Waals surface area contributed by atoms with Crippen LogP contribution >= 0.6 is 0 Å². The Bertz CT molecular complexity index is 420. The molecule has 5 nitrogen and oxygen atoms in total. The summed E-state index contributed by atoms with van der Waals surface area (Å²) < 4.78 is 31.7. The molecule has 0 saturated carbocycles. The monoisotopic (exact) mass is 305 g/mol. The van der Waals surface area contributed by atoms with Crippen molar-refractivity contribution in [3.05, 3.63) is 24.4 Å². The zero-order valence-electron chi connectivity index (χ0n) is 11.4. The lowest BCUT2D eigenvalue weighted by molar-refractivity contribution is -0.192. The van der Waals surface area contributed by atoms with Crippen LogP contribution in [0.4, 0.5) is 19.0 Å². The molecule has 0 bridgehead atoms. The third-order valence-corrected chi connectivity index (χ3v) is 2.93. The Morgan fingerprint density at radius 3 is 2.67 bits per heavy atom. The molecular weight excluding hydrogens is 287 g/mol. The fourth-order valence-electron chi connectivity index (χ4n) is 1.83. The van der Waals surface area contributed by atoms with Crippen LogP contribution in [0.15, 0.2) is 24.4 Å². The molecule has 8 heteroatoms. The molecular formula is C13H18F3N3O2. The average molecular weight is 305 g/mol. The molecule has 0 aromatic carbocycles. The standard InChI is InChI=1S/C11H17N3.C2HF3O2/c1-2-6-13-11(3-1)14-8-5-10-4-7-12-9-10;3-2(4,5)1(6)7/h1-3,6,10,12H,4-5,7-9H2,(H,13,14);(H,6,7). The van der Waals surface area contributed by atoms with E-state index in [4.69, 9.17) is 9.90 Å². The first-order chi connectivity index (χ1) is 9.89. The summed E-state index contributed by atoms with van der Waals surface area (Å²) in [7, 11) is 0. The first kappa shape index (κ1) is 17.2. The Kier molecular flexibility index (Phi) is 6.93. The summed E-state index contributed by atoms with van der Waals surface area (Å²) in [6.07, 6.45) is -0.701. The lowest BCUT2D eigenvalue weighted by Gasteiger charge is -2.09. The minimum absolute atomic E-state index is 0.853. The number of hydrogen-bond acceptors (Lipinski definition) is 4. The third kappa shape index (κ3) is 7.50. The molecule has 0 radical (unpaired) electrons. The number of halogens is 3. The summed E-state index contributed by atoms with van der Waals surface area (Å²) in [6, 6.07) is 5.95. The Labute approximate surface area is 120 Å². The van der Waals surface area contributed by atoms with E-state index in [-0.39, 0.29) is 0 Å². The van der Waals surface area contributed by atoms with Gasteiger partial charge in [-0.2, -0.15) is 13.2 Å². The molecule has 1 aliphatic heterocycles. The van der Waals surface area contributed by atoms with E-state index >= 15 is 0 Å². The van der Waals surface area contributed by atoms with Crippen molar-refractivity contribution in [3.8, 4) is 0 Å². The molecule has 0 aliphatic carbocycles. The normalized spacial score (nSPS) is 17.8. The highest BCUT2D eigenvalue weighted by Crippen LogP contribution is 2.13. The topological polar surface area (TPSA) is 74.2 Å². The van der Waals surface area contributed by atoms with Gasteiger partial charge in [-0.15, -0.1) is 0 Å². The van der Waals surface area contributed by atoms with Crippen molar-refractivity contribution >= 4 is 11.8 Å². The van der Waals surface area contributed by atoms with E-state index < -0.39 is 12.1 Å². The van der Waals surface area contributed by atoms with Crippen LogP contribution < -0.4 is 10.6 Å². The highest BCUT2D eigenvalue weighted by molar-refractivity contribution is 5.73. The number of anilines is 1. The van der Waals surface area contributed by atoms with Crippen LogP contribution in [0.3, 0.4) is 0 Å². The van der Waals surface area contributed by atoms with E-state index in [0.29, 0.717) is 0 Å². The Hall–Kier alpha value is -1.83. The van der Waals surface area contributed by atoms with Crippen LogP contribution in [-0.2, 0) is 4.79 Å². The van der Waals surface area contributed by atoms with Crippen LogP contribution in [0.5, 0.6) is 0 Å². The number of pyridine rings is 1. The van der Waals surface area contributed by atoms with E-state index in [9.17, 15) is 13.2 Å². The summed E-state index contributed by atoms with van der Waals surface area (Å²) in [4.78, 5) is 13.1. The molecule has 118 valence electrons. The quantitative estimate of drug-likeness (QED) is 0.794. The maximum atomic E-state index is 10.6. The SMILES string of the molecule is O=C(O)C(F)(F)F.c1ccc(NCCC2CCNC2)nc1. The summed E-state index contributed by atoms with van der Waals surface area (Å²) in [5.74, 6) is -0.919. The Balaban J connectivity index is 0.000000270. The number of carboxylic acid groups (broad SMARTS) is 1. The maximum absolute atomic E-state index is 10.6. The van der Waals surface area contributed by atoms with Crippen LogP contribution in [0, 0.1) is 5.92 Å². The minimum Gasteiger partial charge on any atom is -0.475 e. The number of nitrogens with one attached hydrogen (secondary N) is 2. The van der Waals surface area contributed by atoms with Crippen molar-refractivity contribution < 1.29 is 23.1 Å². The number of nitrogens with zero attached hydrogens (tertiary/aromatic N) is 1. The summed E-state index contributed by atoms with van der Waals surface area (Å²) in [6.45, 7) is 3.40. The molecule has 1 aromatic rings. The van der Waals surface area contributed by atoms with Crippen molar-refractivity contribution in [2.75, 3.05) is 25.0 Å². The molecule has 21 heavy (non-hydrogen) atoms. The van der Waals surface area contributed by atoms with E-state index in [0.717, 1.165) is 18.3 Å². The lowest BCUT2D eigenvalue weighted by atomic mass is 10.1. The van der Waals surface area contributed by atoms with Gasteiger partial charge in [0.25, 0.3) is 0 Å². The van der Waals surface area contributed by atoms with Gasteiger partial charge >= 0.3 is 12.1 Å². The van der Waals surface area contributed by atoms with Gasteiger partial charge in [-0.25, -0.2) is 9.78 Å². The largest absolute Gasteiger partial charge is 0.490 e. The molecule has 1 fully saturated rings. The van der Waals surface area contributed by atoms with E-state index in [2.05, 4.69) is 15.6 Å². The number of carbonyl (C=O) groups is 1. The Morgan fingerprint density at radius 2 is 2.19 bits per heavy atom.